The minimum atomic E-state index is -4.51. The second kappa shape index (κ2) is 9.50. The van der Waals surface area contributed by atoms with Crippen LogP contribution in [0.4, 0.5) is 13.2 Å². The van der Waals surface area contributed by atoms with Gasteiger partial charge in [-0.25, -0.2) is 0 Å². The van der Waals surface area contributed by atoms with Crippen molar-refractivity contribution in [3.8, 4) is 0 Å². The Hall–Kier alpha value is -2.68. The first kappa shape index (κ1) is 21.6. The first-order valence-corrected chi connectivity index (χ1v) is 9.67. The van der Waals surface area contributed by atoms with Gasteiger partial charge in [-0.05, 0) is 30.2 Å². The summed E-state index contributed by atoms with van der Waals surface area (Å²) >= 11 is 0. The second-order valence-electron chi connectivity index (χ2n) is 6.05. The largest absolute Gasteiger partial charge is 0.416 e. The molecule has 0 aliphatic rings. The Bertz CT molecular complexity index is 857. The molecule has 2 atom stereocenters. The van der Waals surface area contributed by atoms with Crippen LogP contribution in [0.5, 0.6) is 0 Å². The molecule has 0 unspecified atom stereocenters. The van der Waals surface area contributed by atoms with Crippen molar-refractivity contribution in [1.29, 1.82) is 0 Å². The van der Waals surface area contributed by atoms with Crippen molar-refractivity contribution >= 4 is 22.6 Å². The summed E-state index contributed by atoms with van der Waals surface area (Å²) in [5, 5.41) is 2.40. The van der Waals surface area contributed by atoms with Gasteiger partial charge >= 0.3 is 6.18 Å². The smallest absolute Gasteiger partial charge is 0.368 e. The van der Waals surface area contributed by atoms with E-state index in [1.165, 1.54) is 12.1 Å². The normalized spacial score (nSPS) is 13.5. The summed E-state index contributed by atoms with van der Waals surface area (Å²) in [6.07, 6.45) is -4.80. The van der Waals surface area contributed by atoms with Gasteiger partial charge in [0.25, 0.3) is 0 Å². The summed E-state index contributed by atoms with van der Waals surface area (Å²) in [6, 6.07) is 11.9. The Morgan fingerprint density at radius 1 is 1.07 bits per heavy atom. The summed E-state index contributed by atoms with van der Waals surface area (Å²) in [4.78, 5) is 24.3. The number of nitrogens with two attached hydrogens (primary N) is 1. The predicted octanol–water partition coefficient (Wildman–Crippen LogP) is 2.42. The van der Waals surface area contributed by atoms with Crippen LogP contribution >= 0.6 is 0 Å². The topological polar surface area (TPSA) is 89.3 Å². The van der Waals surface area contributed by atoms with E-state index in [0.717, 1.165) is 12.1 Å². The van der Waals surface area contributed by atoms with Crippen LogP contribution in [0.2, 0.25) is 0 Å². The van der Waals surface area contributed by atoms with E-state index in [2.05, 4.69) is 5.32 Å². The lowest BCUT2D eigenvalue weighted by atomic mass is 10.1. The fourth-order valence-electron chi connectivity index (χ4n) is 2.49. The highest BCUT2D eigenvalue weighted by molar-refractivity contribution is 7.85. The van der Waals surface area contributed by atoms with E-state index in [0.29, 0.717) is 4.90 Å². The van der Waals surface area contributed by atoms with Crippen molar-refractivity contribution in [2.75, 3.05) is 5.75 Å². The molecule has 0 aromatic heterocycles. The van der Waals surface area contributed by atoms with Gasteiger partial charge in [0.1, 0.15) is 6.04 Å². The van der Waals surface area contributed by atoms with E-state index in [1.807, 2.05) is 0 Å². The number of amides is 2. The zero-order valence-corrected chi connectivity index (χ0v) is 15.6. The monoisotopic (exact) mass is 412 g/mol. The van der Waals surface area contributed by atoms with Crippen LogP contribution in [0.25, 0.3) is 0 Å². The fourth-order valence-corrected chi connectivity index (χ4v) is 3.64. The summed E-state index contributed by atoms with van der Waals surface area (Å²) in [5.41, 5.74) is 4.58. The zero-order chi connectivity index (χ0) is 20.7. The third-order valence-corrected chi connectivity index (χ3v) is 5.30. The van der Waals surface area contributed by atoms with Crippen LogP contribution in [0.1, 0.15) is 17.5 Å². The lowest BCUT2D eigenvalue weighted by molar-refractivity contribution is -0.137. The fraction of sp³-hybridized carbons (Fsp3) is 0.263. The van der Waals surface area contributed by atoms with Gasteiger partial charge in [-0.2, -0.15) is 13.2 Å². The van der Waals surface area contributed by atoms with Crippen molar-refractivity contribution in [2.24, 2.45) is 5.73 Å². The highest BCUT2D eigenvalue weighted by Gasteiger charge is 2.30. The molecule has 0 aliphatic carbocycles. The molecule has 0 aliphatic heterocycles. The van der Waals surface area contributed by atoms with Crippen LogP contribution in [0.15, 0.2) is 59.5 Å². The quantitative estimate of drug-likeness (QED) is 0.698. The Kier molecular flexibility index (Phi) is 7.33. The van der Waals surface area contributed by atoms with E-state index in [9.17, 15) is 27.0 Å². The highest BCUT2D eigenvalue weighted by atomic mass is 32.2. The summed E-state index contributed by atoms with van der Waals surface area (Å²) in [7, 11) is -1.37. The van der Waals surface area contributed by atoms with E-state index in [1.54, 1.807) is 30.3 Å². The van der Waals surface area contributed by atoms with Gasteiger partial charge in [-0.15, -0.1) is 0 Å². The number of hydrogen-bond acceptors (Lipinski definition) is 3. The third-order valence-electron chi connectivity index (χ3n) is 3.90. The summed E-state index contributed by atoms with van der Waals surface area (Å²) in [6.45, 7) is 0. The minimum absolute atomic E-state index is 0.0468. The molecule has 0 bridgehead atoms. The Morgan fingerprint density at radius 3 is 2.36 bits per heavy atom. The molecule has 9 heteroatoms. The van der Waals surface area contributed by atoms with Gasteiger partial charge in [0, 0.05) is 10.6 Å². The first-order valence-electron chi connectivity index (χ1n) is 8.35. The van der Waals surface area contributed by atoms with Gasteiger partial charge in [-0.1, -0.05) is 36.4 Å². The molecule has 0 saturated heterocycles. The number of benzene rings is 2. The van der Waals surface area contributed by atoms with Gasteiger partial charge < -0.3 is 11.1 Å². The van der Waals surface area contributed by atoms with Crippen LogP contribution in [-0.4, -0.2) is 27.8 Å². The zero-order valence-electron chi connectivity index (χ0n) is 14.7. The van der Waals surface area contributed by atoms with Crippen LogP contribution in [0, 0.1) is 0 Å². The predicted molar refractivity (Wildman–Crippen MR) is 98.6 cm³/mol. The number of rotatable bonds is 8. The Balaban J connectivity index is 1.95. The highest BCUT2D eigenvalue weighted by Crippen LogP contribution is 2.29. The molecule has 0 heterocycles. The van der Waals surface area contributed by atoms with E-state index in [4.69, 9.17) is 5.73 Å². The van der Waals surface area contributed by atoms with Crippen molar-refractivity contribution in [3.63, 3.8) is 0 Å². The van der Waals surface area contributed by atoms with Crippen LogP contribution < -0.4 is 11.1 Å². The van der Waals surface area contributed by atoms with Crippen molar-refractivity contribution in [3.05, 3.63) is 65.7 Å². The molecular weight excluding hydrogens is 393 g/mol. The molecule has 5 nitrogen and oxygen atoms in total. The van der Waals surface area contributed by atoms with Crippen molar-refractivity contribution < 1.29 is 27.0 Å². The van der Waals surface area contributed by atoms with E-state index >= 15 is 0 Å². The molecule has 0 radical (unpaired) electrons. The van der Waals surface area contributed by atoms with Gasteiger partial charge in [0.2, 0.25) is 11.8 Å². The third kappa shape index (κ3) is 6.49. The first-order chi connectivity index (χ1) is 13.2. The maximum atomic E-state index is 12.7. The van der Waals surface area contributed by atoms with Gasteiger partial charge in [0.15, 0.2) is 0 Å². The number of hydrogen-bond donors (Lipinski definition) is 2. The van der Waals surface area contributed by atoms with Gasteiger partial charge in [-0.3, -0.25) is 13.8 Å². The summed E-state index contributed by atoms with van der Waals surface area (Å²) in [5.74, 6) is -1.35. The molecule has 0 fully saturated rings. The number of alkyl halides is 3. The average Bonchev–Trinajstić information content (AvgIpc) is 2.64. The van der Waals surface area contributed by atoms with Gasteiger partial charge in [0.05, 0.1) is 22.8 Å². The number of halogens is 3. The second-order valence-corrected chi connectivity index (χ2v) is 7.62. The lowest BCUT2D eigenvalue weighted by Gasteiger charge is -2.16. The SMILES string of the molecule is NC(=O)[C@@H](CC[S@](=O)c1ccccc1)NC(=O)Cc1cccc(C(F)(F)F)c1. The molecular formula is C19H19F3N2O3S. The average molecular weight is 412 g/mol. The number of carbonyl (C=O) groups is 2. The number of primary amides is 1. The molecule has 0 spiro atoms. The molecule has 2 aromatic rings. The van der Waals surface area contributed by atoms with Crippen LogP contribution in [0.3, 0.4) is 0 Å². The Labute approximate surface area is 162 Å². The standard InChI is InChI=1S/C19H19F3N2O3S/c20-19(21,22)14-6-4-5-13(11-14)12-17(25)24-16(18(23)26)9-10-28(27)15-7-2-1-3-8-15/h1-8,11,16H,9-10,12H2,(H2,23,26)(H,24,25)/t16-,28+/m1/s1. The number of carbonyl (C=O) groups excluding carboxylic acids is 2. The van der Waals surface area contributed by atoms with Crippen LogP contribution in [-0.2, 0) is 33.0 Å². The minimum Gasteiger partial charge on any atom is -0.368 e. The molecule has 28 heavy (non-hydrogen) atoms. The lowest BCUT2D eigenvalue weighted by Crippen LogP contribution is -2.45. The molecule has 150 valence electrons. The van der Waals surface area contributed by atoms with E-state index < -0.39 is 40.4 Å². The number of nitrogens with one attached hydrogen (secondary N) is 1. The molecule has 0 saturated carbocycles. The Morgan fingerprint density at radius 2 is 1.75 bits per heavy atom. The molecule has 2 aromatic carbocycles. The van der Waals surface area contributed by atoms with Crippen molar-refractivity contribution in [1.82, 2.24) is 5.32 Å². The molecule has 2 amide bonds. The maximum Gasteiger partial charge on any atom is 0.416 e. The van der Waals surface area contributed by atoms with Crippen molar-refractivity contribution in [2.45, 2.75) is 30.0 Å². The molecule has 2 rings (SSSR count). The summed E-state index contributed by atoms with van der Waals surface area (Å²) < 4.78 is 50.5. The van der Waals surface area contributed by atoms with E-state index in [-0.39, 0.29) is 24.2 Å². The maximum absolute atomic E-state index is 12.7. The molecule has 3 N–H and O–H groups in total.